The largest absolute Gasteiger partial charge is 0.343 e. The minimum absolute atomic E-state index is 0.00897. The number of rotatable bonds is 7. The number of carbonyl (C=O) groups excluding carboxylic acids is 2. The van der Waals surface area contributed by atoms with Crippen molar-refractivity contribution in [1.29, 1.82) is 0 Å². The van der Waals surface area contributed by atoms with Gasteiger partial charge in [-0.3, -0.25) is 9.78 Å². The van der Waals surface area contributed by atoms with E-state index in [0.29, 0.717) is 25.9 Å². The highest BCUT2D eigenvalue weighted by Crippen LogP contribution is 2.27. The van der Waals surface area contributed by atoms with E-state index in [1.807, 2.05) is 126 Å². The third-order valence-corrected chi connectivity index (χ3v) is 8.02. The molecule has 1 unspecified atom stereocenters. The Hall–Kier alpha value is -4.97. The molecule has 1 aliphatic rings. The van der Waals surface area contributed by atoms with E-state index in [1.54, 1.807) is 0 Å². The summed E-state index contributed by atoms with van der Waals surface area (Å²) in [4.78, 5) is 33.7. The quantitative estimate of drug-likeness (QED) is 0.237. The van der Waals surface area contributed by atoms with Gasteiger partial charge >= 0.3 is 6.03 Å². The number of hydrogen-bond acceptors (Lipinski definition) is 3. The molecule has 6 nitrogen and oxygen atoms in total. The first-order valence-corrected chi connectivity index (χ1v) is 14.5. The van der Waals surface area contributed by atoms with Crippen molar-refractivity contribution < 1.29 is 9.59 Å². The summed E-state index contributed by atoms with van der Waals surface area (Å²) in [5.41, 5.74) is 4.74. The van der Waals surface area contributed by atoms with Crippen molar-refractivity contribution in [1.82, 2.24) is 20.5 Å². The van der Waals surface area contributed by atoms with Gasteiger partial charge in [0.2, 0.25) is 5.91 Å². The zero-order valence-electron chi connectivity index (χ0n) is 23.4. The number of hydrogen-bond donors (Lipinski definition) is 2. The molecule has 42 heavy (non-hydrogen) atoms. The summed E-state index contributed by atoms with van der Waals surface area (Å²) in [6.45, 7) is 1.04. The summed E-state index contributed by atoms with van der Waals surface area (Å²) in [6.07, 6.45) is 1.21. The van der Waals surface area contributed by atoms with E-state index in [2.05, 4.69) is 16.7 Å². The molecule has 1 saturated heterocycles. The standard InChI is InChI=1S/C36H34N4O2/c41-35(38-34(29-17-8-3-9-18-29)32-21-20-26-12-10-11-19-31(26)37-32)30-22-24-40(25-23-30)36(42)39-33(27-13-4-1-5-14-27)28-15-6-2-7-16-28/h1-21,30,33-34H,22-25H2,(H,38,41)(H,39,42). The fourth-order valence-corrected chi connectivity index (χ4v) is 5.69. The number of aromatic nitrogens is 1. The number of nitrogens with zero attached hydrogens (tertiary/aromatic N) is 2. The molecule has 2 heterocycles. The normalized spacial score (nSPS) is 14.5. The zero-order chi connectivity index (χ0) is 28.7. The van der Waals surface area contributed by atoms with Gasteiger partial charge in [-0.25, -0.2) is 4.79 Å². The Morgan fingerprint density at radius 1 is 0.619 bits per heavy atom. The molecular weight excluding hydrogens is 520 g/mol. The lowest BCUT2D eigenvalue weighted by Crippen LogP contribution is -2.48. The van der Waals surface area contributed by atoms with Crippen LogP contribution in [0.15, 0.2) is 127 Å². The van der Waals surface area contributed by atoms with E-state index in [1.165, 1.54) is 0 Å². The van der Waals surface area contributed by atoms with Gasteiger partial charge in [0.25, 0.3) is 0 Å². The van der Waals surface area contributed by atoms with Crippen LogP contribution in [0.3, 0.4) is 0 Å². The Morgan fingerprint density at radius 2 is 1.14 bits per heavy atom. The number of pyridine rings is 1. The number of para-hydroxylation sites is 1. The van der Waals surface area contributed by atoms with Crippen molar-refractivity contribution in [3.8, 4) is 0 Å². The second-order valence-corrected chi connectivity index (χ2v) is 10.7. The number of benzene rings is 4. The molecule has 0 spiro atoms. The summed E-state index contributed by atoms with van der Waals surface area (Å²) in [5.74, 6) is -0.190. The second kappa shape index (κ2) is 12.7. The summed E-state index contributed by atoms with van der Waals surface area (Å²) in [7, 11) is 0. The molecule has 0 radical (unpaired) electrons. The average Bonchev–Trinajstić information content (AvgIpc) is 3.07. The second-order valence-electron chi connectivity index (χ2n) is 10.7. The number of piperidine rings is 1. The SMILES string of the molecule is O=C(NC(c1ccccc1)c1ccc2ccccc2n1)C1CCN(C(=O)NC(c2ccccc2)c2ccccc2)CC1. The highest BCUT2D eigenvalue weighted by molar-refractivity contribution is 5.81. The van der Waals surface area contributed by atoms with Gasteiger partial charge in [-0.1, -0.05) is 115 Å². The molecule has 210 valence electrons. The van der Waals surface area contributed by atoms with E-state index >= 15 is 0 Å². The molecule has 1 fully saturated rings. The van der Waals surface area contributed by atoms with Gasteiger partial charge in [-0.2, -0.15) is 0 Å². The third-order valence-electron chi connectivity index (χ3n) is 8.02. The van der Waals surface area contributed by atoms with Crippen molar-refractivity contribution in [2.75, 3.05) is 13.1 Å². The van der Waals surface area contributed by atoms with Gasteiger partial charge in [0, 0.05) is 24.4 Å². The Balaban J connectivity index is 1.12. The van der Waals surface area contributed by atoms with E-state index in [4.69, 9.17) is 4.98 Å². The lowest BCUT2D eigenvalue weighted by molar-refractivity contribution is -0.126. The van der Waals surface area contributed by atoms with E-state index in [-0.39, 0.29) is 29.9 Å². The van der Waals surface area contributed by atoms with Crippen molar-refractivity contribution in [3.63, 3.8) is 0 Å². The maximum Gasteiger partial charge on any atom is 0.318 e. The van der Waals surface area contributed by atoms with E-state index in [9.17, 15) is 9.59 Å². The Kier molecular flexibility index (Phi) is 8.22. The molecule has 3 amide bonds. The van der Waals surface area contributed by atoms with Gasteiger partial charge < -0.3 is 15.5 Å². The number of urea groups is 1. The molecule has 1 atom stereocenters. The Bertz CT molecular complexity index is 1600. The van der Waals surface area contributed by atoms with Gasteiger partial charge in [0.05, 0.1) is 23.3 Å². The fourth-order valence-electron chi connectivity index (χ4n) is 5.69. The monoisotopic (exact) mass is 554 g/mol. The van der Waals surface area contributed by atoms with Crippen molar-refractivity contribution >= 4 is 22.8 Å². The van der Waals surface area contributed by atoms with Gasteiger partial charge in [0.15, 0.2) is 0 Å². The molecule has 1 aromatic heterocycles. The lowest BCUT2D eigenvalue weighted by Gasteiger charge is -2.33. The molecule has 4 aromatic carbocycles. The van der Waals surface area contributed by atoms with Crippen molar-refractivity contribution in [3.05, 3.63) is 150 Å². The molecular formula is C36H34N4O2. The fraction of sp³-hybridized carbons (Fsp3) is 0.194. The van der Waals surface area contributed by atoms with Gasteiger partial charge in [-0.15, -0.1) is 0 Å². The van der Waals surface area contributed by atoms with Crippen LogP contribution in [-0.4, -0.2) is 34.9 Å². The van der Waals surface area contributed by atoms with Crippen molar-refractivity contribution in [2.45, 2.75) is 24.9 Å². The molecule has 2 N–H and O–H groups in total. The van der Waals surface area contributed by atoms with E-state index < -0.39 is 0 Å². The number of fused-ring (bicyclic) bond motifs is 1. The van der Waals surface area contributed by atoms with Crippen molar-refractivity contribution in [2.24, 2.45) is 5.92 Å². The highest BCUT2D eigenvalue weighted by atomic mass is 16.2. The minimum Gasteiger partial charge on any atom is -0.343 e. The van der Waals surface area contributed by atoms with Crippen LogP contribution in [0.5, 0.6) is 0 Å². The maximum atomic E-state index is 13.6. The predicted molar refractivity (Wildman–Crippen MR) is 166 cm³/mol. The molecule has 0 aliphatic carbocycles. The summed E-state index contributed by atoms with van der Waals surface area (Å²) in [5, 5.41) is 7.58. The minimum atomic E-state index is -0.359. The average molecular weight is 555 g/mol. The molecule has 6 heteroatoms. The molecule has 0 saturated carbocycles. The van der Waals surface area contributed by atoms with Crippen LogP contribution in [0.4, 0.5) is 4.79 Å². The number of nitrogens with one attached hydrogen (secondary N) is 2. The molecule has 0 bridgehead atoms. The van der Waals surface area contributed by atoms with Gasteiger partial charge in [0.1, 0.15) is 0 Å². The van der Waals surface area contributed by atoms with Crippen LogP contribution >= 0.6 is 0 Å². The highest BCUT2D eigenvalue weighted by Gasteiger charge is 2.30. The summed E-state index contributed by atoms with van der Waals surface area (Å²) >= 11 is 0. The van der Waals surface area contributed by atoms with Crippen LogP contribution < -0.4 is 10.6 Å². The molecule has 1 aliphatic heterocycles. The van der Waals surface area contributed by atoms with Crippen LogP contribution in [0.1, 0.15) is 47.3 Å². The van der Waals surface area contributed by atoms with Crippen LogP contribution in [0, 0.1) is 5.92 Å². The first-order chi connectivity index (χ1) is 20.7. The molecule has 6 rings (SSSR count). The zero-order valence-corrected chi connectivity index (χ0v) is 23.4. The first kappa shape index (κ1) is 27.2. The number of carbonyl (C=O) groups is 2. The summed E-state index contributed by atoms with van der Waals surface area (Å²) < 4.78 is 0. The lowest BCUT2D eigenvalue weighted by atomic mass is 9.94. The predicted octanol–water partition coefficient (Wildman–Crippen LogP) is 6.65. The number of likely N-dealkylation sites (tertiary alicyclic amines) is 1. The van der Waals surface area contributed by atoms with Crippen LogP contribution in [-0.2, 0) is 4.79 Å². The number of amides is 3. The smallest absolute Gasteiger partial charge is 0.318 e. The van der Waals surface area contributed by atoms with Crippen LogP contribution in [0.2, 0.25) is 0 Å². The van der Waals surface area contributed by atoms with Gasteiger partial charge in [-0.05, 0) is 41.7 Å². The molecule has 5 aromatic rings. The Morgan fingerprint density at radius 3 is 1.74 bits per heavy atom. The van der Waals surface area contributed by atoms with E-state index in [0.717, 1.165) is 33.3 Å². The maximum absolute atomic E-state index is 13.6. The van der Waals surface area contributed by atoms with Crippen LogP contribution in [0.25, 0.3) is 10.9 Å². The Labute approximate surface area is 246 Å². The summed E-state index contributed by atoms with van der Waals surface area (Å²) in [6, 6.07) is 41.3. The third kappa shape index (κ3) is 6.18. The first-order valence-electron chi connectivity index (χ1n) is 14.5. The topological polar surface area (TPSA) is 74.3 Å².